The van der Waals surface area contributed by atoms with Crippen molar-refractivity contribution in [1.29, 1.82) is 0 Å². The Morgan fingerprint density at radius 2 is 2.04 bits per heavy atom. The maximum absolute atomic E-state index is 12.8. The Balaban J connectivity index is 1.68. The number of urea groups is 1. The highest BCUT2D eigenvalue weighted by Gasteiger charge is 2.29. The molecule has 122 valence electrons. The summed E-state index contributed by atoms with van der Waals surface area (Å²) in [5.41, 5.74) is 0.954. The van der Waals surface area contributed by atoms with Crippen LogP contribution in [0.4, 0.5) is 10.5 Å². The Morgan fingerprint density at radius 1 is 1.30 bits per heavy atom. The number of benzene rings is 1. The molecule has 2 atom stereocenters. The van der Waals surface area contributed by atoms with Crippen LogP contribution in [0.2, 0.25) is 0 Å². The predicted octanol–water partition coefficient (Wildman–Crippen LogP) is 3.46. The number of nitrogens with zero attached hydrogens (tertiary/aromatic N) is 3. The van der Waals surface area contributed by atoms with Gasteiger partial charge in [0.05, 0.1) is 6.04 Å². The molecule has 2 amide bonds. The van der Waals surface area contributed by atoms with Crippen molar-refractivity contribution in [3.63, 3.8) is 0 Å². The highest BCUT2D eigenvalue weighted by molar-refractivity contribution is 5.92. The topological polar surface area (TPSA) is 50.2 Å². The fraction of sp³-hybridized carbons (Fsp3) is 0.444. The molecule has 1 aromatic carbocycles. The van der Waals surface area contributed by atoms with E-state index >= 15 is 0 Å². The summed E-state index contributed by atoms with van der Waals surface area (Å²) in [7, 11) is 0. The van der Waals surface area contributed by atoms with Gasteiger partial charge in [0.15, 0.2) is 0 Å². The predicted molar refractivity (Wildman–Crippen MR) is 91.4 cm³/mol. The first-order chi connectivity index (χ1) is 11.1. The van der Waals surface area contributed by atoms with Gasteiger partial charge >= 0.3 is 6.03 Å². The molecule has 0 spiro atoms. The average molecular weight is 312 g/mol. The summed E-state index contributed by atoms with van der Waals surface area (Å²) in [4.78, 5) is 14.6. The van der Waals surface area contributed by atoms with Crippen LogP contribution >= 0.6 is 0 Å². The van der Waals surface area contributed by atoms with E-state index in [4.69, 9.17) is 0 Å². The standard InChI is InChI=1S/C18H24N4O/c1-14(15(2)22-12-6-11-19-22)20-18(23)21(13-16-9-10-16)17-7-4-3-5-8-17/h3-8,11-12,14-16H,9-10,13H2,1-2H3,(H,20,23). The molecule has 1 heterocycles. The number of nitrogens with one attached hydrogen (secondary N) is 1. The lowest BCUT2D eigenvalue weighted by Crippen LogP contribution is -2.47. The second-order valence-electron chi connectivity index (χ2n) is 6.35. The number of anilines is 1. The molecule has 3 rings (SSSR count). The molecule has 23 heavy (non-hydrogen) atoms. The van der Waals surface area contributed by atoms with Crippen LogP contribution in [0.15, 0.2) is 48.8 Å². The molecule has 2 aromatic rings. The molecular formula is C18H24N4O. The Hall–Kier alpha value is -2.30. The maximum Gasteiger partial charge on any atom is 0.322 e. The first kappa shape index (κ1) is 15.6. The molecule has 0 bridgehead atoms. The van der Waals surface area contributed by atoms with Crippen molar-refractivity contribution in [1.82, 2.24) is 15.1 Å². The van der Waals surface area contributed by atoms with Crippen LogP contribution in [0.5, 0.6) is 0 Å². The number of hydrogen-bond acceptors (Lipinski definition) is 2. The van der Waals surface area contributed by atoms with Crippen molar-refractivity contribution in [2.75, 3.05) is 11.4 Å². The smallest absolute Gasteiger partial charge is 0.322 e. The van der Waals surface area contributed by atoms with Crippen molar-refractivity contribution in [2.24, 2.45) is 5.92 Å². The zero-order chi connectivity index (χ0) is 16.2. The van der Waals surface area contributed by atoms with Gasteiger partial charge in [0.1, 0.15) is 0 Å². The lowest BCUT2D eigenvalue weighted by molar-refractivity contribution is 0.238. The van der Waals surface area contributed by atoms with E-state index in [1.54, 1.807) is 6.20 Å². The zero-order valence-corrected chi connectivity index (χ0v) is 13.7. The molecule has 1 aliphatic rings. The highest BCUT2D eigenvalue weighted by atomic mass is 16.2. The van der Waals surface area contributed by atoms with Gasteiger partial charge in [0, 0.05) is 30.7 Å². The van der Waals surface area contributed by atoms with E-state index in [1.807, 2.05) is 59.1 Å². The van der Waals surface area contributed by atoms with Crippen LogP contribution in [0.25, 0.3) is 0 Å². The van der Waals surface area contributed by atoms with Gasteiger partial charge in [0.2, 0.25) is 0 Å². The van der Waals surface area contributed by atoms with E-state index in [0.717, 1.165) is 12.2 Å². The third kappa shape index (κ3) is 3.92. The minimum absolute atomic E-state index is 0.00665. The van der Waals surface area contributed by atoms with Gasteiger partial charge < -0.3 is 5.32 Å². The van der Waals surface area contributed by atoms with Gasteiger partial charge in [-0.1, -0.05) is 18.2 Å². The fourth-order valence-electron chi connectivity index (χ4n) is 2.62. The van der Waals surface area contributed by atoms with Crippen molar-refractivity contribution in [3.05, 3.63) is 48.8 Å². The number of amides is 2. The van der Waals surface area contributed by atoms with Crippen LogP contribution in [0.1, 0.15) is 32.7 Å². The van der Waals surface area contributed by atoms with Gasteiger partial charge in [-0.05, 0) is 50.8 Å². The first-order valence-electron chi connectivity index (χ1n) is 8.27. The minimum atomic E-state index is -0.0328. The molecule has 1 N–H and O–H groups in total. The molecule has 1 fully saturated rings. The molecule has 1 saturated carbocycles. The van der Waals surface area contributed by atoms with E-state index in [9.17, 15) is 4.79 Å². The number of para-hydroxylation sites is 1. The Kier molecular flexibility index (Phi) is 4.65. The number of aromatic nitrogens is 2. The summed E-state index contributed by atoms with van der Waals surface area (Å²) in [6.45, 7) is 4.87. The highest BCUT2D eigenvalue weighted by Crippen LogP contribution is 2.31. The van der Waals surface area contributed by atoms with Crippen LogP contribution < -0.4 is 10.2 Å². The fourth-order valence-corrected chi connectivity index (χ4v) is 2.62. The number of carbonyl (C=O) groups is 1. The van der Waals surface area contributed by atoms with Crippen molar-refractivity contribution >= 4 is 11.7 Å². The maximum atomic E-state index is 12.8. The Bertz CT molecular complexity index is 622. The molecule has 0 saturated heterocycles. The molecule has 5 heteroatoms. The van der Waals surface area contributed by atoms with Crippen LogP contribution in [0.3, 0.4) is 0 Å². The molecule has 1 aromatic heterocycles. The largest absolute Gasteiger partial charge is 0.333 e. The lowest BCUT2D eigenvalue weighted by Gasteiger charge is -2.28. The van der Waals surface area contributed by atoms with Crippen LogP contribution in [0, 0.1) is 5.92 Å². The van der Waals surface area contributed by atoms with Crippen molar-refractivity contribution in [2.45, 2.75) is 38.8 Å². The van der Waals surface area contributed by atoms with Gasteiger partial charge in [-0.15, -0.1) is 0 Å². The third-order valence-electron chi connectivity index (χ3n) is 4.47. The average Bonchev–Trinajstić information content (AvgIpc) is 3.22. The monoisotopic (exact) mass is 312 g/mol. The van der Waals surface area contributed by atoms with Gasteiger partial charge in [-0.25, -0.2) is 4.79 Å². The third-order valence-corrected chi connectivity index (χ3v) is 4.47. The molecular weight excluding hydrogens is 288 g/mol. The summed E-state index contributed by atoms with van der Waals surface area (Å²) in [5, 5.41) is 7.38. The van der Waals surface area contributed by atoms with Crippen molar-refractivity contribution in [3.8, 4) is 0 Å². The van der Waals surface area contributed by atoms with Gasteiger partial charge in [0.25, 0.3) is 0 Å². The lowest BCUT2D eigenvalue weighted by atomic mass is 10.2. The second-order valence-corrected chi connectivity index (χ2v) is 6.35. The number of hydrogen-bond donors (Lipinski definition) is 1. The number of rotatable bonds is 6. The molecule has 1 aliphatic carbocycles. The molecule has 5 nitrogen and oxygen atoms in total. The summed E-state index contributed by atoms with van der Waals surface area (Å²) in [6, 6.07) is 11.9. The van der Waals surface area contributed by atoms with Crippen LogP contribution in [-0.2, 0) is 0 Å². The van der Waals surface area contributed by atoms with E-state index in [2.05, 4.69) is 17.3 Å². The van der Waals surface area contributed by atoms with Crippen LogP contribution in [-0.4, -0.2) is 28.4 Å². The summed E-state index contributed by atoms with van der Waals surface area (Å²) in [6.07, 6.45) is 6.12. The molecule has 2 unspecified atom stereocenters. The molecule has 0 aliphatic heterocycles. The van der Waals surface area contributed by atoms with E-state index in [1.165, 1.54) is 12.8 Å². The molecule has 0 radical (unpaired) electrons. The number of carbonyl (C=O) groups excluding carboxylic acids is 1. The van der Waals surface area contributed by atoms with Gasteiger partial charge in [-0.3, -0.25) is 9.58 Å². The zero-order valence-electron chi connectivity index (χ0n) is 13.7. The normalized spacial score (nSPS) is 16.6. The second kappa shape index (κ2) is 6.86. The van der Waals surface area contributed by atoms with E-state index in [-0.39, 0.29) is 18.1 Å². The minimum Gasteiger partial charge on any atom is -0.333 e. The summed E-state index contributed by atoms with van der Waals surface area (Å²) >= 11 is 0. The van der Waals surface area contributed by atoms with E-state index < -0.39 is 0 Å². The first-order valence-corrected chi connectivity index (χ1v) is 8.27. The van der Waals surface area contributed by atoms with Gasteiger partial charge in [-0.2, -0.15) is 5.10 Å². The van der Waals surface area contributed by atoms with E-state index in [0.29, 0.717) is 5.92 Å². The Labute approximate surface area is 137 Å². The SMILES string of the molecule is CC(NC(=O)N(CC1CC1)c1ccccc1)C(C)n1cccn1. The quantitative estimate of drug-likeness (QED) is 0.888. The summed E-state index contributed by atoms with van der Waals surface area (Å²) in [5.74, 6) is 0.639. The Morgan fingerprint density at radius 3 is 2.65 bits per heavy atom. The van der Waals surface area contributed by atoms with Crippen molar-refractivity contribution < 1.29 is 4.79 Å². The summed E-state index contributed by atoms with van der Waals surface area (Å²) < 4.78 is 1.87.